The summed E-state index contributed by atoms with van der Waals surface area (Å²) in [5.74, 6) is 0. The van der Waals surface area contributed by atoms with Crippen LogP contribution in [0.15, 0.2) is 174 Å². The monoisotopic (exact) mass is 721 g/mol. The lowest BCUT2D eigenvalue weighted by molar-refractivity contribution is 0.659. The molecule has 11 rings (SSSR count). The molecule has 0 radical (unpaired) electrons. The van der Waals surface area contributed by atoms with Crippen molar-refractivity contribution in [2.75, 3.05) is 4.90 Å². The van der Waals surface area contributed by atoms with Gasteiger partial charge in [-0.2, -0.15) is 0 Å². The third-order valence-corrected chi connectivity index (χ3v) is 13.0. The molecular weight excluding hydrogens is 679 g/mol. The van der Waals surface area contributed by atoms with Gasteiger partial charge in [0.05, 0.1) is 6.04 Å². The fourth-order valence-corrected chi connectivity index (χ4v) is 10.2. The van der Waals surface area contributed by atoms with Gasteiger partial charge in [0.15, 0.2) is 0 Å². The summed E-state index contributed by atoms with van der Waals surface area (Å²) in [6.45, 7) is 9.46. The fraction of sp³-hybridized carbons (Fsp3) is 0.148. The number of para-hydroxylation sites is 2. The maximum absolute atomic E-state index is 6.29. The Labute approximate surface area is 329 Å². The van der Waals surface area contributed by atoms with E-state index in [4.69, 9.17) is 4.42 Å². The first kappa shape index (κ1) is 33.0. The third-order valence-electron chi connectivity index (χ3n) is 13.0. The SMILES string of the molecule is CC1(C)c2ccccc2-c2cc(-c3ccccc3N(c3ccc4c(c3)C(C)(C)c3ccccc3-4)C3C=CC(c4cccc5oc6ccccc6c45)=CC3)ccc21. The van der Waals surface area contributed by atoms with Crippen molar-refractivity contribution in [1.82, 2.24) is 0 Å². The summed E-state index contributed by atoms with van der Waals surface area (Å²) >= 11 is 0. The Morgan fingerprint density at radius 2 is 1.14 bits per heavy atom. The zero-order chi connectivity index (χ0) is 37.8. The van der Waals surface area contributed by atoms with Gasteiger partial charge < -0.3 is 9.32 Å². The molecule has 0 spiro atoms. The molecular formula is C54H43NO. The summed E-state index contributed by atoms with van der Waals surface area (Å²) in [6, 6.07) is 56.1. The minimum absolute atomic E-state index is 0.0329. The normalized spacial score (nSPS) is 17.0. The predicted molar refractivity (Wildman–Crippen MR) is 235 cm³/mol. The summed E-state index contributed by atoms with van der Waals surface area (Å²) in [6.07, 6.45) is 8.04. The molecule has 2 nitrogen and oxygen atoms in total. The molecule has 1 aromatic heterocycles. The second-order valence-corrected chi connectivity index (χ2v) is 16.8. The van der Waals surface area contributed by atoms with Crippen LogP contribution in [-0.4, -0.2) is 6.04 Å². The van der Waals surface area contributed by atoms with Crippen LogP contribution in [0.4, 0.5) is 11.4 Å². The van der Waals surface area contributed by atoms with Gasteiger partial charge in [-0.25, -0.2) is 0 Å². The molecule has 0 bridgehead atoms. The van der Waals surface area contributed by atoms with Crippen molar-refractivity contribution in [1.29, 1.82) is 0 Å². The maximum atomic E-state index is 6.29. The summed E-state index contributed by atoms with van der Waals surface area (Å²) in [5.41, 5.74) is 20.0. The lowest BCUT2D eigenvalue weighted by atomic mass is 9.82. The first-order valence-corrected chi connectivity index (χ1v) is 20.0. The molecule has 7 aromatic carbocycles. The zero-order valence-electron chi connectivity index (χ0n) is 32.3. The van der Waals surface area contributed by atoms with Gasteiger partial charge in [-0.05, 0) is 104 Å². The molecule has 0 aliphatic heterocycles. The van der Waals surface area contributed by atoms with Gasteiger partial charge in [-0.15, -0.1) is 0 Å². The van der Waals surface area contributed by atoms with Crippen LogP contribution in [0.1, 0.15) is 61.9 Å². The number of hydrogen-bond acceptors (Lipinski definition) is 2. The minimum Gasteiger partial charge on any atom is -0.456 e. The van der Waals surface area contributed by atoms with Crippen LogP contribution in [0.25, 0.3) is 60.9 Å². The van der Waals surface area contributed by atoms with E-state index < -0.39 is 0 Å². The van der Waals surface area contributed by atoms with Gasteiger partial charge in [-0.1, -0.05) is 161 Å². The van der Waals surface area contributed by atoms with E-state index in [0.717, 1.165) is 23.0 Å². The lowest BCUT2D eigenvalue weighted by Crippen LogP contribution is -2.31. The quantitative estimate of drug-likeness (QED) is 0.176. The molecule has 2 heteroatoms. The fourth-order valence-electron chi connectivity index (χ4n) is 10.2. The standard InChI is InChI=1S/C54H43NO/c1-53(2)46-20-10-6-16-41(46)44-32-35(26-31-47(44)53)38-14-7-11-21-49(38)55(37-29-30-42-40-15-5-9-19-45(40)54(3,4)48(42)33-37)36-27-24-34(25-28-36)39-18-13-23-51-52(39)43-17-8-12-22-50(43)56-51/h5-27,29-33,36H,28H2,1-4H3. The Morgan fingerprint density at radius 3 is 1.93 bits per heavy atom. The molecule has 8 aromatic rings. The van der Waals surface area contributed by atoms with Gasteiger partial charge >= 0.3 is 0 Å². The largest absolute Gasteiger partial charge is 0.456 e. The third kappa shape index (κ3) is 4.75. The van der Waals surface area contributed by atoms with E-state index in [-0.39, 0.29) is 16.9 Å². The minimum atomic E-state index is -0.102. The second kappa shape index (κ2) is 12.1. The molecule has 0 saturated heterocycles. The molecule has 1 unspecified atom stereocenters. The van der Waals surface area contributed by atoms with Crippen LogP contribution in [0.3, 0.4) is 0 Å². The summed E-state index contributed by atoms with van der Waals surface area (Å²) in [7, 11) is 0. The first-order valence-electron chi connectivity index (χ1n) is 20.0. The van der Waals surface area contributed by atoms with Gasteiger partial charge in [0.25, 0.3) is 0 Å². The summed E-state index contributed by atoms with van der Waals surface area (Å²) in [4.78, 5) is 2.59. The number of benzene rings is 7. The first-order chi connectivity index (χ1) is 27.3. The van der Waals surface area contributed by atoms with E-state index in [1.807, 2.05) is 6.07 Å². The van der Waals surface area contributed by atoms with Crippen LogP contribution in [-0.2, 0) is 10.8 Å². The van der Waals surface area contributed by atoms with Crippen molar-refractivity contribution in [3.8, 4) is 33.4 Å². The van der Waals surface area contributed by atoms with Gasteiger partial charge in [-0.3, -0.25) is 0 Å². The van der Waals surface area contributed by atoms with Crippen LogP contribution in [0.2, 0.25) is 0 Å². The zero-order valence-corrected chi connectivity index (χ0v) is 32.3. The topological polar surface area (TPSA) is 16.4 Å². The van der Waals surface area contributed by atoms with Crippen molar-refractivity contribution in [3.63, 3.8) is 0 Å². The second-order valence-electron chi connectivity index (χ2n) is 16.8. The van der Waals surface area contributed by atoms with E-state index in [1.54, 1.807) is 0 Å². The average molecular weight is 722 g/mol. The van der Waals surface area contributed by atoms with Gasteiger partial charge in [0, 0.05) is 38.5 Å². The van der Waals surface area contributed by atoms with Crippen molar-refractivity contribution in [2.45, 2.75) is 51.0 Å². The van der Waals surface area contributed by atoms with E-state index in [0.29, 0.717) is 0 Å². The predicted octanol–water partition coefficient (Wildman–Crippen LogP) is 14.4. The Bertz CT molecular complexity index is 2970. The Hall–Kier alpha value is -6.38. The van der Waals surface area contributed by atoms with Gasteiger partial charge in [0.2, 0.25) is 0 Å². The molecule has 1 atom stereocenters. The molecule has 270 valence electrons. The highest BCUT2D eigenvalue weighted by molar-refractivity contribution is 6.11. The Kier molecular flexibility index (Phi) is 7.11. The molecule has 56 heavy (non-hydrogen) atoms. The number of rotatable bonds is 5. The number of nitrogens with zero attached hydrogens (tertiary/aromatic N) is 1. The van der Waals surface area contributed by atoms with Crippen LogP contribution in [0, 0.1) is 0 Å². The molecule has 3 aliphatic rings. The smallest absolute Gasteiger partial charge is 0.136 e. The van der Waals surface area contributed by atoms with E-state index in [9.17, 15) is 0 Å². The lowest BCUT2D eigenvalue weighted by Gasteiger charge is -2.35. The molecule has 1 heterocycles. The Balaban J connectivity index is 1.05. The number of furan rings is 1. The van der Waals surface area contributed by atoms with Crippen molar-refractivity contribution in [3.05, 3.63) is 198 Å². The van der Waals surface area contributed by atoms with E-state index in [1.165, 1.54) is 83.5 Å². The molecule has 0 saturated carbocycles. The maximum Gasteiger partial charge on any atom is 0.136 e. The highest BCUT2D eigenvalue weighted by Gasteiger charge is 2.37. The number of allylic oxidation sites excluding steroid dienone is 2. The summed E-state index contributed by atoms with van der Waals surface area (Å²) < 4.78 is 6.29. The molecule has 3 aliphatic carbocycles. The Morgan fingerprint density at radius 1 is 0.518 bits per heavy atom. The van der Waals surface area contributed by atoms with Crippen LogP contribution < -0.4 is 4.90 Å². The molecule has 0 fully saturated rings. The highest BCUT2D eigenvalue weighted by Crippen LogP contribution is 2.53. The van der Waals surface area contributed by atoms with Crippen LogP contribution in [0.5, 0.6) is 0 Å². The highest BCUT2D eigenvalue weighted by atomic mass is 16.3. The molecule has 0 N–H and O–H groups in total. The van der Waals surface area contributed by atoms with Crippen molar-refractivity contribution >= 4 is 38.9 Å². The number of fused-ring (bicyclic) bond motifs is 9. The van der Waals surface area contributed by atoms with Crippen molar-refractivity contribution < 1.29 is 4.42 Å². The van der Waals surface area contributed by atoms with E-state index >= 15 is 0 Å². The molecule has 0 amide bonds. The van der Waals surface area contributed by atoms with Crippen molar-refractivity contribution in [2.24, 2.45) is 0 Å². The van der Waals surface area contributed by atoms with Crippen LogP contribution >= 0.6 is 0 Å². The number of anilines is 2. The van der Waals surface area contributed by atoms with Gasteiger partial charge in [0.1, 0.15) is 11.2 Å². The van der Waals surface area contributed by atoms with E-state index in [2.05, 4.69) is 196 Å². The summed E-state index contributed by atoms with van der Waals surface area (Å²) in [5, 5.41) is 2.34. The number of hydrogen-bond donors (Lipinski definition) is 0. The average Bonchev–Trinajstić information content (AvgIpc) is 3.81.